The quantitative estimate of drug-likeness (QED) is 0.186. The van der Waals surface area contributed by atoms with Gasteiger partial charge in [-0.25, -0.2) is 14.8 Å². The van der Waals surface area contributed by atoms with Gasteiger partial charge in [-0.1, -0.05) is 23.7 Å². The maximum Gasteiger partial charge on any atom is 0.335 e. The molecular weight excluding hydrogens is 573 g/mol. The molecule has 1 atom stereocenters. The van der Waals surface area contributed by atoms with Crippen molar-refractivity contribution in [2.45, 2.75) is 63.7 Å². The first-order chi connectivity index (χ1) is 20.9. The molecule has 1 saturated carbocycles. The summed E-state index contributed by atoms with van der Waals surface area (Å²) < 4.78 is 32.8. The highest BCUT2D eigenvalue weighted by molar-refractivity contribution is 6.35. The van der Waals surface area contributed by atoms with Crippen LogP contribution in [0.2, 0.25) is 5.02 Å². The van der Waals surface area contributed by atoms with Gasteiger partial charge in [0, 0.05) is 47.7 Å². The summed E-state index contributed by atoms with van der Waals surface area (Å²) in [6.45, 7) is 1.65. The summed E-state index contributed by atoms with van der Waals surface area (Å²) >= 11 is 6.18. The minimum atomic E-state index is -0.937. The molecule has 4 heterocycles. The van der Waals surface area contributed by atoms with E-state index in [-0.39, 0.29) is 18.3 Å². The van der Waals surface area contributed by atoms with Crippen molar-refractivity contribution in [2.75, 3.05) is 6.61 Å². The molecule has 1 aliphatic carbocycles. The number of fused-ring (bicyclic) bond motifs is 2. The number of pyridine rings is 1. The molecule has 2 aromatic carbocycles. The van der Waals surface area contributed by atoms with Gasteiger partial charge >= 0.3 is 5.97 Å². The van der Waals surface area contributed by atoms with E-state index in [0.717, 1.165) is 67.7 Å². The van der Waals surface area contributed by atoms with Crippen LogP contribution < -0.4 is 4.74 Å². The fourth-order valence-corrected chi connectivity index (χ4v) is 6.54. The number of aromatic carboxylic acids is 1. The Morgan fingerprint density at radius 2 is 1.91 bits per heavy atom. The fourth-order valence-electron chi connectivity index (χ4n) is 6.34. The number of carbonyl (C=O) groups is 1. The highest BCUT2D eigenvalue weighted by Gasteiger charge is 2.27. The van der Waals surface area contributed by atoms with E-state index in [4.69, 9.17) is 35.5 Å². The topological polar surface area (TPSA) is 99.6 Å². The van der Waals surface area contributed by atoms with Crippen LogP contribution >= 0.6 is 11.6 Å². The van der Waals surface area contributed by atoms with Gasteiger partial charge in [-0.2, -0.15) is 4.39 Å². The number of hydrogen-bond acceptors (Lipinski definition) is 6. The minimum Gasteiger partial charge on any atom is -0.478 e. The smallest absolute Gasteiger partial charge is 0.335 e. The first-order valence-corrected chi connectivity index (χ1v) is 15.1. The molecule has 0 unspecified atom stereocenters. The number of carboxylic acids is 1. The number of carboxylic acid groups (broad SMARTS) is 1. The van der Waals surface area contributed by atoms with Gasteiger partial charge in [0.05, 0.1) is 34.3 Å². The summed E-state index contributed by atoms with van der Waals surface area (Å²) in [6.07, 6.45) is 6.12. The summed E-state index contributed by atoms with van der Waals surface area (Å²) in [7, 11) is 0. The van der Waals surface area contributed by atoms with E-state index in [1.165, 1.54) is 6.07 Å². The summed E-state index contributed by atoms with van der Waals surface area (Å²) in [5, 5.41) is 10.5. The average Bonchev–Trinajstić information content (AvgIpc) is 3.55. The van der Waals surface area contributed by atoms with Crippen molar-refractivity contribution >= 4 is 39.6 Å². The van der Waals surface area contributed by atoms with Crippen LogP contribution in [0, 0.1) is 11.9 Å². The third-order valence-corrected chi connectivity index (χ3v) is 9.12. The van der Waals surface area contributed by atoms with E-state index in [0.29, 0.717) is 45.8 Å². The van der Waals surface area contributed by atoms with Gasteiger partial charge in [0.2, 0.25) is 5.88 Å². The summed E-state index contributed by atoms with van der Waals surface area (Å²) in [4.78, 5) is 21.3. The van der Waals surface area contributed by atoms with Gasteiger partial charge in [0.15, 0.2) is 0 Å². The van der Waals surface area contributed by atoms with E-state index >= 15 is 0 Å². The lowest BCUT2D eigenvalue weighted by molar-refractivity contribution is -0.0590. The molecule has 8 nitrogen and oxygen atoms in total. The van der Waals surface area contributed by atoms with Crippen LogP contribution in [-0.4, -0.2) is 38.3 Å². The normalized spacial score (nSPS) is 20.4. The molecule has 0 spiro atoms. The van der Waals surface area contributed by atoms with Gasteiger partial charge in [-0.15, -0.1) is 0 Å². The summed E-state index contributed by atoms with van der Waals surface area (Å²) in [5.74, 6) is 1.39. The van der Waals surface area contributed by atoms with Gasteiger partial charge < -0.3 is 23.6 Å². The molecule has 2 aliphatic rings. The highest BCUT2D eigenvalue weighted by Crippen LogP contribution is 2.38. The number of rotatable bonds is 9. The first kappa shape index (κ1) is 27.9. The second kappa shape index (κ2) is 11.6. The molecule has 10 heteroatoms. The summed E-state index contributed by atoms with van der Waals surface area (Å²) in [6, 6.07) is 15.1. The van der Waals surface area contributed by atoms with Crippen molar-refractivity contribution < 1.29 is 28.2 Å². The van der Waals surface area contributed by atoms with Crippen molar-refractivity contribution in [1.82, 2.24) is 14.5 Å². The SMILES string of the molecule is O=C(O)c1ccc2nc(CC3CCC(c4cccc(OCc5ccc(Cl)c6cc(F)oc56)n4)CC3)n(C[C@@H]3CCO3)c2c1. The van der Waals surface area contributed by atoms with Crippen LogP contribution in [0.3, 0.4) is 0 Å². The zero-order valence-corrected chi connectivity index (χ0v) is 24.2. The van der Waals surface area contributed by atoms with Crippen molar-refractivity contribution in [3.05, 3.63) is 88.3 Å². The molecule has 0 bridgehead atoms. The molecule has 2 fully saturated rings. The van der Waals surface area contributed by atoms with Crippen LogP contribution in [-0.2, 0) is 24.3 Å². The molecular formula is C33H31ClFN3O5. The number of aromatic nitrogens is 3. The largest absolute Gasteiger partial charge is 0.478 e. The number of nitrogens with zero attached hydrogens (tertiary/aromatic N) is 3. The number of furan rings is 1. The lowest BCUT2D eigenvalue weighted by Crippen LogP contribution is -2.32. The Balaban J connectivity index is 1.01. The maximum atomic E-state index is 13.7. The zero-order chi connectivity index (χ0) is 29.5. The molecule has 0 radical (unpaired) electrons. The molecule has 7 rings (SSSR count). The van der Waals surface area contributed by atoms with Crippen molar-refractivity contribution in [3.63, 3.8) is 0 Å². The Bertz CT molecular complexity index is 1810. The standard InChI is InChI=1S/C33H31ClFN3O5/c34-25-10-8-22(32-24(25)16-29(35)43-32)18-42-31-3-1-2-26(37-31)20-6-4-19(5-7-20)14-30-36-27-11-9-21(33(39)40)15-28(27)38(30)17-23-12-13-41-23/h1-3,8-11,15-16,19-20,23H,4-7,12-14,17-18H2,(H,39,40)/t19?,20?,23-/m0/s1. The van der Waals surface area contributed by atoms with Crippen molar-refractivity contribution in [1.29, 1.82) is 0 Å². The Hall–Kier alpha value is -3.95. The molecule has 1 aliphatic heterocycles. The van der Waals surface area contributed by atoms with Crippen LogP contribution in [0.15, 0.2) is 59.0 Å². The van der Waals surface area contributed by atoms with Gasteiger partial charge in [-0.3, -0.25) is 0 Å². The third kappa shape index (κ3) is 5.71. The Kier molecular flexibility index (Phi) is 7.53. The predicted octanol–water partition coefficient (Wildman–Crippen LogP) is 7.55. The summed E-state index contributed by atoms with van der Waals surface area (Å²) in [5.41, 5.74) is 4.05. The average molecular weight is 604 g/mol. The van der Waals surface area contributed by atoms with Crippen molar-refractivity contribution in [3.8, 4) is 5.88 Å². The monoisotopic (exact) mass is 603 g/mol. The number of benzene rings is 2. The van der Waals surface area contributed by atoms with E-state index in [1.807, 2.05) is 12.1 Å². The zero-order valence-electron chi connectivity index (χ0n) is 23.5. The number of hydrogen-bond donors (Lipinski definition) is 1. The van der Waals surface area contributed by atoms with Crippen LogP contribution in [0.25, 0.3) is 22.0 Å². The van der Waals surface area contributed by atoms with E-state index in [9.17, 15) is 14.3 Å². The van der Waals surface area contributed by atoms with Crippen LogP contribution in [0.5, 0.6) is 5.88 Å². The Labute approximate surface area is 252 Å². The Morgan fingerprint density at radius 3 is 2.67 bits per heavy atom. The highest BCUT2D eigenvalue weighted by atomic mass is 35.5. The molecule has 3 aromatic heterocycles. The van der Waals surface area contributed by atoms with Crippen molar-refractivity contribution in [2.24, 2.45) is 5.92 Å². The van der Waals surface area contributed by atoms with Gasteiger partial charge in [0.1, 0.15) is 18.0 Å². The van der Waals surface area contributed by atoms with Gasteiger partial charge in [0.25, 0.3) is 6.01 Å². The lowest BCUT2D eigenvalue weighted by atomic mass is 9.79. The van der Waals surface area contributed by atoms with Crippen LogP contribution in [0.4, 0.5) is 4.39 Å². The maximum absolute atomic E-state index is 13.7. The van der Waals surface area contributed by atoms with Crippen LogP contribution in [0.1, 0.15) is 65.5 Å². The molecule has 1 N–H and O–H groups in total. The van der Waals surface area contributed by atoms with E-state index in [2.05, 4.69) is 10.6 Å². The minimum absolute atomic E-state index is 0.145. The molecule has 0 amide bonds. The lowest BCUT2D eigenvalue weighted by Gasteiger charge is -2.30. The number of halogens is 2. The second-order valence-corrected chi connectivity index (χ2v) is 11.9. The second-order valence-electron chi connectivity index (χ2n) is 11.5. The van der Waals surface area contributed by atoms with Gasteiger partial charge in [-0.05, 0) is 68.4 Å². The Morgan fingerprint density at radius 1 is 1.07 bits per heavy atom. The molecule has 5 aromatic rings. The molecule has 222 valence electrons. The predicted molar refractivity (Wildman–Crippen MR) is 159 cm³/mol. The molecule has 1 saturated heterocycles. The number of imidazole rings is 1. The molecule has 43 heavy (non-hydrogen) atoms. The third-order valence-electron chi connectivity index (χ3n) is 8.79. The fraction of sp³-hybridized carbons (Fsp3) is 0.364. The first-order valence-electron chi connectivity index (χ1n) is 14.7. The van der Waals surface area contributed by atoms with E-state index < -0.39 is 12.0 Å². The number of ether oxygens (including phenoxy) is 2. The van der Waals surface area contributed by atoms with E-state index in [1.54, 1.807) is 30.3 Å².